The van der Waals surface area contributed by atoms with Crippen LogP contribution in [0.15, 0.2) is 125 Å². The van der Waals surface area contributed by atoms with Crippen molar-refractivity contribution in [1.82, 2.24) is 10.2 Å². The van der Waals surface area contributed by atoms with E-state index in [1.807, 2.05) is 68.4 Å². The number of anilines is 1. The van der Waals surface area contributed by atoms with Gasteiger partial charge in [0.1, 0.15) is 12.6 Å². The van der Waals surface area contributed by atoms with Crippen LogP contribution in [0.5, 0.6) is 0 Å². The minimum atomic E-state index is -4.11. The van der Waals surface area contributed by atoms with Crippen LogP contribution in [0.1, 0.15) is 25.0 Å². The molecule has 0 bridgehead atoms. The third kappa shape index (κ3) is 8.08. The van der Waals surface area contributed by atoms with Crippen molar-refractivity contribution in [3.05, 3.63) is 131 Å². The molecule has 0 fully saturated rings. The van der Waals surface area contributed by atoms with Crippen molar-refractivity contribution >= 4 is 43.5 Å². The molecule has 4 aromatic rings. The Morgan fingerprint density at radius 3 is 1.95 bits per heavy atom. The monoisotopic (exact) mass is 647 g/mol. The molecule has 0 aromatic heterocycles. The molecule has 0 saturated heterocycles. The van der Waals surface area contributed by atoms with E-state index in [2.05, 4.69) is 21.2 Å². The molecular weight excluding hydrogens is 614 g/mol. The van der Waals surface area contributed by atoms with E-state index in [1.54, 1.807) is 48.5 Å². The molecule has 1 atom stereocenters. The number of hydrogen-bond acceptors (Lipinski definition) is 4. The first kappa shape index (κ1) is 31.0. The number of rotatable bonds is 12. The predicted octanol–water partition coefficient (Wildman–Crippen LogP) is 5.81. The number of para-hydroxylation sites is 1. The number of amides is 2. The topological polar surface area (TPSA) is 86.8 Å². The third-order valence-electron chi connectivity index (χ3n) is 6.60. The highest BCUT2D eigenvalue weighted by Crippen LogP contribution is 2.25. The van der Waals surface area contributed by atoms with Crippen molar-refractivity contribution in [3.8, 4) is 0 Å². The van der Waals surface area contributed by atoms with E-state index < -0.39 is 28.5 Å². The third-order valence-corrected chi connectivity index (χ3v) is 8.88. The Morgan fingerprint density at radius 1 is 0.786 bits per heavy atom. The molecule has 2 amide bonds. The first-order valence-electron chi connectivity index (χ1n) is 13.7. The summed E-state index contributed by atoms with van der Waals surface area (Å²) in [7, 11) is -4.11. The van der Waals surface area contributed by atoms with Crippen LogP contribution < -0.4 is 9.62 Å². The number of benzene rings is 4. The van der Waals surface area contributed by atoms with Gasteiger partial charge in [-0.1, -0.05) is 94.8 Å². The molecule has 0 radical (unpaired) electrons. The summed E-state index contributed by atoms with van der Waals surface area (Å²) < 4.78 is 29.7. The summed E-state index contributed by atoms with van der Waals surface area (Å²) in [6.45, 7) is 3.34. The minimum absolute atomic E-state index is 0.0681. The highest BCUT2D eigenvalue weighted by molar-refractivity contribution is 9.10. The molecule has 42 heavy (non-hydrogen) atoms. The van der Waals surface area contributed by atoms with Gasteiger partial charge in [0.05, 0.1) is 10.6 Å². The number of hydrogen-bond donors (Lipinski definition) is 1. The molecule has 9 heteroatoms. The Hall–Kier alpha value is -3.95. The maximum atomic E-state index is 14.3. The molecule has 0 spiro atoms. The van der Waals surface area contributed by atoms with E-state index in [9.17, 15) is 18.0 Å². The lowest BCUT2D eigenvalue weighted by Crippen LogP contribution is -2.54. The van der Waals surface area contributed by atoms with Gasteiger partial charge in [-0.05, 0) is 61.4 Å². The second kappa shape index (κ2) is 14.3. The summed E-state index contributed by atoms with van der Waals surface area (Å²) in [4.78, 5) is 29.6. The molecule has 0 aliphatic rings. The maximum absolute atomic E-state index is 14.3. The van der Waals surface area contributed by atoms with Gasteiger partial charge in [-0.15, -0.1) is 0 Å². The second-order valence-electron chi connectivity index (χ2n) is 10.2. The van der Waals surface area contributed by atoms with E-state index in [0.29, 0.717) is 5.69 Å². The zero-order valence-electron chi connectivity index (χ0n) is 23.6. The lowest BCUT2D eigenvalue weighted by atomic mass is 10.0. The fraction of sp³-hybridized carbons (Fsp3) is 0.212. The fourth-order valence-electron chi connectivity index (χ4n) is 4.61. The van der Waals surface area contributed by atoms with Gasteiger partial charge in [-0.2, -0.15) is 0 Å². The van der Waals surface area contributed by atoms with Gasteiger partial charge in [-0.25, -0.2) is 8.42 Å². The molecule has 4 aromatic carbocycles. The van der Waals surface area contributed by atoms with Crippen LogP contribution in [0, 0.1) is 0 Å². The van der Waals surface area contributed by atoms with Crippen LogP contribution in [-0.4, -0.2) is 43.8 Å². The van der Waals surface area contributed by atoms with E-state index in [4.69, 9.17) is 0 Å². The summed E-state index contributed by atoms with van der Waals surface area (Å²) >= 11 is 3.49. The standard InChI is InChI=1S/C33H34BrN3O4S/c1-25(2)35-33(39)31(22-26-13-6-3-7-14-26)36(23-27-15-12-16-28(34)21-27)32(38)24-37(29-17-8-4-9-18-29)42(40,41)30-19-10-5-11-20-30/h3-21,25,31H,22-24H2,1-2H3,(H,35,39)/t31-/m1/s1. The molecule has 0 unspecified atom stereocenters. The average molecular weight is 649 g/mol. The number of nitrogens with zero attached hydrogens (tertiary/aromatic N) is 2. The summed E-state index contributed by atoms with van der Waals surface area (Å²) in [5.41, 5.74) is 2.03. The van der Waals surface area contributed by atoms with Crippen LogP contribution in [0.4, 0.5) is 5.69 Å². The number of sulfonamides is 1. The van der Waals surface area contributed by atoms with Gasteiger partial charge in [0.25, 0.3) is 10.0 Å². The van der Waals surface area contributed by atoms with Crippen LogP contribution in [-0.2, 0) is 32.6 Å². The number of nitrogens with one attached hydrogen (secondary N) is 1. The summed E-state index contributed by atoms with van der Waals surface area (Å²) in [6.07, 6.45) is 0.260. The van der Waals surface area contributed by atoms with Crippen LogP contribution in [0.2, 0.25) is 0 Å². The van der Waals surface area contributed by atoms with Crippen molar-refractivity contribution < 1.29 is 18.0 Å². The molecule has 1 N–H and O–H groups in total. The van der Waals surface area contributed by atoms with Gasteiger partial charge in [-0.3, -0.25) is 13.9 Å². The molecule has 7 nitrogen and oxygen atoms in total. The Bertz CT molecular complexity index is 1580. The zero-order valence-corrected chi connectivity index (χ0v) is 26.0. The van der Waals surface area contributed by atoms with Gasteiger partial charge >= 0.3 is 0 Å². The molecule has 4 rings (SSSR count). The lowest BCUT2D eigenvalue weighted by molar-refractivity contribution is -0.140. The summed E-state index contributed by atoms with van der Waals surface area (Å²) in [5, 5.41) is 2.96. The Balaban J connectivity index is 1.78. The highest BCUT2D eigenvalue weighted by atomic mass is 79.9. The van der Waals surface area contributed by atoms with Crippen molar-refractivity contribution in [2.75, 3.05) is 10.8 Å². The van der Waals surface area contributed by atoms with Gasteiger partial charge in [0.2, 0.25) is 11.8 Å². The van der Waals surface area contributed by atoms with Gasteiger partial charge in [0.15, 0.2) is 0 Å². The summed E-state index contributed by atoms with van der Waals surface area (Å²) in [5.74, 6) is -0.812. The fourth-order valence-corrected chi connectivity index (χ4v) is 6.49. The molecule has 218 valence electrons. The predicted molar refractivity (Wildman–Crippen MR) is 169 cm³/mol. The Kier molecular flexibility index (Phi) is 10.5. The van der Waals surface area contributed by atoms with Crippen molar-refractivity contribution in [3.63, 3.8) is 0 Å². The smallest absolute Gasteiger partial charge is 0.264 e. The normalized spacial score (nSPS) is 12.0. The number of halogens is 1. The number of carbonyl (C=O) groups is 2. The molecule has 0 aliphatic heterocycles. The molecule has 0 heterocycles. The van der Waals surface area contributed by atoms with Crippen LogP contribution >= 0.6 is 15.9 Å². The molecular formula is C33H34BrN3O4S. The SMILES string of the molecule is CC(C)NC(=O)[C@@H](Cc1ccccc1)N(Cc1cccc(Br)c1)C(=O)CN(c1ccccc1)S(=O)(=O)c1ccccc1. The van der Waals surface area contributed by atoms with Crippen molar-refractivity contribution in [2.45, 2.75) is 43.8 Å². The van der Waals surface area contributed by atoms with Gasteiger partial charge in [0, 0.05) is 23.5 Å². The van der Waals surface area contributed by atoms with Crippen molar-refractivity contribution in [2.24, 2.45) is 0 Å². The van der Waals surface area contributed by atoms with E-state index in [1.165, 1.54) is 17.0 Å². The minimum Gasteiger partial charge on any atom is -0.352 e. The van der Waals surface area contributed by atoms with Crippen LogP contribution in [0.3, 0.4) is 0 Å². The quantitative estimate of drug-likeness (QED) is 0.210. The zero-order chi connectivity index (χ0) is 30.1. The van der Waals surface area contributed by atoms with E-state index in [-0.39, 0.29) is 29.8 Å². The highest BCUT2D eigenvalue weighted by Gasteiger charge is 2.34. The first-order chi connectivity index (χ1) is 20.1. The molecule has 0 aliphatic carbocycles. The first-order valence-corrected chi connectivity index (χ1v) is 15.9. The second-order valence-corrected chi connectivity index (χ2v) is 13.0. The van der Waals surface area contributed by atoms with Crippen molar-refractivity contribution in [1.29, 1.82) is 0 Å². The summed E-state index contributed by atoms with van der Waals surface area (Å²) in [6, 6.07) is 32.5. The van der Waals surface area contributed by atoms with E-state index in [0.717, 1.165) is 19.9 Å². The van der Waals surface area contributed by atoms with E-state index >= 15 is 0 Å². The van der Waals surface area contributed by atoms with Crippen LogP contribution in [0.25, 0.3) is 0 Å². The Morgan fingerprint density at radius 2 is 1.36 bits per heavy atom. The number of carbonyl (C=O) groups excluding carboxylic acids is 2. The largest absolute Gasteiger partial charge is 0.352 e. The lowest BCUT2D eigenvalue weighted by Gasteiger charge is -2.34. The Labute approximate surface area is 256 Å². The molecule has 0 saturated carbocycles. The van der Waals surface area contributed by atoms with Gasteiger partial charge < -0.3 is 10.2 Å². The maximum Gasteiger partial charge on any atom is 0.264 e. The average Bonchev–Trinajstić information content (AvgIpc) is 2.98.